The Kier molecular flexibility index (Phi) is 11.1. The number of benzene rings is 2. The molecule has 0 spiro atoms. The van der Waals surface area contributed by atoms with Gasteiger partial charge in [-0.25, -0.2) is 0 Å². The van der Waals surface area contributed by atoms with E-state index in [2.05, 4.69) is 74.5 Å². The number of rotatable bonds is 13. The number of hydrogen-bond acceptors (Lipinski definition) is 1. The van der Waals surface area contributed by atoms with E-state index in [0.29, 0.717) is 0 Å². The van der Waals surface area contributed by atoms with Crippen molar-refractivity contribution in [3.8, 4) is 0 Å². The van der Waals surface area contributed by atoms with Gasteiger partial charge >= 0.3 is 0 Å². The van der Waals surface area contributed by atoms with Gasteiger partial charge in [0.15, 0.2) is 0 Å². The van der Waals surface area contributed by atoms with Crippen molar-refractivity contribution in [2.24, 2.45) is 5.92 Å². The molecule has 0 aromatic heterocycles. The van der Waals surface area contributed by atoms with Crippen LogP contribution in [0, 0.1) is 5.92 Å². The molecule has 0 unspecified atom stereocenters. The monoisotopic (exact) mass is 432 g/mol. The first-order chi connectivity index (χ1) is 15.8. The molecule has 0 atom stereocenters. The molecule has 0 N–H and O–H groups in total. The van der Waals surface area contributed by atoms with E-state index < -0.39 is 0 Å². The second-order valence-corrected chi connectivity index (χ2v) is 9.68. The number of hydrogen-bond donors (Lipinski definition) is 0. The minimum absolute atomic E-state index is 0.738. The van der Waals surface area contributed by atoms with Gasteiger partial charge in [-0.1, -0.05) is 67.6 Å². The minimum atomic E-state index is 0.738. The van der Waals surface area contributed by atoms with Crippen molar-refractivity contribution < 1.29 is 4.74 Å². The van der Waals surface area contributed by atoms with Gasteiger partial charge in [-0.3, -0.25) is 0 Å². The molecule has 0 radical (unpaired) electrons. The maximum Gasteiger partial charge on any atom is 0.0716 e. The summed E-state index contributed by atoms with van der Waals surface area (Å²) in [5.74, 6) is 1.74. The zero-order chi connectivity index (χ0) is 22.4. The molecule has 2 aromatic rings. The van der Waals surface area contributed by atoms with E-state index in [0.717, 1.165) is 31.5 Å². The normalized spacial score (nSPS) is 18.9. The largest absolute Gasteiger partial charge is 0.377 e. The lowest BCUT2D eigenvalue weighted by Crippen LogP contribution is -2.13. The standard InChI is InChI=1S/C31H44O/c1-3-5-6-9-27-16-20-30(21-17-27)31-22-18-28(19-23-31)11-8-7-10-26-12-14-29(15-13-26)25-32-24-4-2/h3,5,12-15,18-19,22-23,27,30H,4,6-11,16-17,20-21,24-25H2,1-2H3. The summed E-state index contributed by atoms with van der Waals surface area (Å²) in [6.45, 7) is 5.87. The lowest BCUT2D eigenvalue weighted by Gasteiger charge is -2.28. The molecule has 1 saturated carbocycles. The van der Waals surface area contributed by atoms with Gasteiger partial charge in [0, 0.05) is 6.61 Å². The maximum absolute atomic E-state index is 5.62. The molecule has 1 fully saturated rings. The molecule has 1 nitrogen and oxygen atoms in total. The van der Waals surface area contributed by atoms with Crippen LogP contribution in [0.2, 0.25) is 0 Å². The molecule has 0 aliphatic heterocycles. The third-order valence-electron chi connectivity index (χ3n) is 7.10. The predicted molar refractivity (Wildman–Crippen MR) is 138 cm³/mol. The summed E-state index contributed by atoms with van der Waals surface area (Å²) in [6.07, 6.45) is 18.7. The van der Waals surface area contributed by atoms with Crippen molar-refractivity contribution in [1.82, 2.24) is 0 Å². The van der Waals surface area contributed by atoms with Crippen LogP contribution in [0.25, 0.3) is 0 Å². The summed E-state index contributed by atoms with van der Waals surface area (Å²) < 4.78 is 5.62. The SMILES string of the molecule is CC=CCCC1CCC(c2ccc(CCCCc3ccc(COCCC)cc3)cc2)CC1. The molecule has 174 valence electrons. The van der Waals surface area contributed by atoms with E-state index in [1.165, 1.54) is 80.9 Å². The Bertz CT molecular complexity index is 763. The van der Waals surface area contributed by atoms with E-state index >= 15 is 0 Å². The maximum atomic E-state index is 5.62. The summed E-state index contributed by atoms with van der Waals surface area (Å²) in [5.41, 5.74) is 5.80. The Morgan fingerprint density at radius 3 is 2.00 bits per heavy atom. The first kappa shape index (κ1) is 24.8. The number of allylic oxidation sites excluding steroid dienone is 2. The fourth-order valence-electron chi connectivity index (χ4n) is 5.03. The Hall–Kier alpha value is -1.86. The van der Waals surface area contributed by atoms with Gasteiger partial charge in [0.05, 0.1) is 6.61 Å². The van der Waals surface area contributed by atoms with E-state index in [4.69, 9.17) is 4.74 Å². The Morgan fingerprint density at radius 1 is 0.812 bits per heavy atom. The van der Waals surface area contributed by atoms with Crippen LogP contribution in [0.3, 0.4) is 0 Å². The quantitative estimate of drug-likeness (QED) is 0.227. The first-order valence-corrected chi connectivity index (χ1v) is 13.1. The second kappa shape index (κ2) is 14.3. The van der Waals surface area contributed by atoms with E-state index in [1.54, 1.807) is 5.56 Å². The zero-order valence-electron chi connectivity index (χ0n) is 20.5. The van der Waals surface area contributed by atoms with Crippen LogP contribution in [0.4, 0.5) is 0 Å². The van der Waals surface area contributed by atoms with Crippen molar-refractivity contribution in [2.45, 2.75) is 97.0 Å². The topological polar surface area (TPSA) is 9.23 Å². The molecule has 0 heterocycles. The second-order valence-electron chi connectivity index (χ2n) is 9.68. The third-order valence-corrected chi connectivity index (χ3v) is 7.10. The molecule has 3 rings (SSSR count). The van der Waals surface area contributed by atoms with Crippen LogP contribution in [0.5, 0.6) is 0 Å². The van der Waals surface area contributed by atoms with Crippen LogP contribution in [0.1, 0.15) is 99.8 Å². The van der Waals surface area contributed by atoms with Crippen molar-refractivity contribution >= 4 is 0 Å². The smallest absolute Gasteiger partial charge is 0.0716 e. The Morgan fingerprint density at radius 2 is 1.41 bits per heavy atom. The zero-order valence-corrected chi connectivity index (χ0v) is 20.5. The van der Waals surface area contributed by atoms with Crippen molar-refractivity contribution in [1.29, 1.82) is 0 Å². The number of ether oxygens (including phenoxy) is 1. The van der Waals surface area contributed by atoms with Gasteiger partial charge in [0.2, 0.25) is 0 Å². The average molecular weight is 433 g/mol. The summed E-state index contributed by atoms with van der Waals surface area (Å²) >= 11 is 0. The lowest BCUT2D eigenvalue weighted by molar-refractivity contribution is 0.121. The number of unbranched alkanes of at least 4 members (excludes halogenated alkanes) is 1. The van der Waals surface area contributed by atoms with Crippen molar-refractivity contribution in [3.63, 3.8) is 0 Å². The van der Waals surface area contributed by atoms with Gasteiger partial charge in [-0.2, -0.15) is 0 Å². The highest BCUT2D eigenvalue weighted by molar-refractivity contribution is 5.26. The molecule has 2 aromatic carbocycles. The fourth-order valence-corrected chi connectivity index (χ4v) is 5.03. The van der Waals surface area contributed by atoms with E-state index in [-0.39, 0.29) is 0 Å². The minimum Gasteiger partial charge on any atom is -0.377 e. The van der Waals surface area contributed by atoms with Gasteiger partial charge in [0.1, 0.15) is 0 Å². The molecule has 0 bridgehead atoms. The summed E-state index contributed by atoms with van der Waals surface area (Å²) in [7, 11) is 0. The van der Waals surface area contributed by atoms with Crippen molar-refractivity contribution in [2.75, 3.05) is 6.61 Å². The van der Waals surface area contributed by atoms with E-state index in [9.17, 15) is 0 Å². The molecule has 1 aliphatic rings. The van der Waals surface area contributed by atoms with Crippen LogP contribution in [-0.2, 0) is 24.2 Å². The molecule has 0 saturated heterocycles. The van der Waals surface area contributed by atoms with Crippen LogP contribution < -0.4 is 0 Å². The predicted octanol–water partition coefficient (Wildman–Crippen LogP) is 8.81. The average Bonchev–Trinajstić information content (AvgIpc) is 2.84. The number of aryl methyl sites for hydroxylation is 2. The fraction of sp³-hybridized carbons (Fsp3) is 0.548. The Labute approximate surface area is 197 Å². The highest BCUT2D eigenvalue weighted by Gasteiger charge is 2.21. The van der Waals surface area contributed by atoms with Gasteiger partial charge < -0.3 is 4.74 Å². The van der Waals surface area contributed by atoms with Crippen LogP contribution in [0.15, 0.2) is 60.7 Å². The molecular formula is C31H44O. The highest BCUT2D eigenvalue weighted by atomic mass is 16.5. The third kappa shape index (κ3) is 8.58. The summed E-state index contributed by atoms with van der Waals surface area (Å²) in [6, 6.07) is 18.6. The van der Waals surface area contributed by atoms with Gasteiger partial charge in [0.25, 0.3) is 0 Å². The molecule has 0 amide bonds. The molecule has 32 heavy (non-hydrogen) atoms. The molecule has 1 heteroatoms. The lowest BCUT2D eigenvalue weighted by atomic mass is 9.77. The van der Waals surface area contributed by atoms with Gasteiger partial charge in [-0.05, 0) is 112 Å². The van der Waals surface area contributed by atoms with Crippen LogP contribution in [-0.4, -0.2) is 6.61 Å². The first-order valence-electron chi connectivity index (χ1n) is 13.1. The summed E-state index contributed by atoms with van der Waals surface area (Å²) in [4.78, 5) is 0. The molecule has 1 aliphatic carbocycles. The van der Waals surface area contributed by atoms with E-state index in [1.807, 2.05) is 0 Å². The van der Waals surface area contributed by atoms with Gasteiger partial charge in [-0.15, -0.1) is 0 Å². The highest BCUT2D eigenvalue weighted by Crippen LogP contribution is 2.37. The summed E-state index contributed by atoms with van der Waals surface area (Å²) in [5, 5.41) is 0. The Balaban J connectivity index is 1.33. The van der Waals surface area contributed by atoms with Crippen LogP contribution >= 0.6 is 0 Å². The molecular weight excluding hydrogens is 388 g/mol. The van der Waals surface area contributed by atoms with Crippen molar-refractivity contribution in [3.05, 3.63) is 82.9 Å².